The number of hydrogen-bond donors (Lipinski definition) is 1. The number of halogens is 2. The molecule has 0 spiro atoms. The normalized spacial score (nSPS) is 13.0. The lowest BCUT2D eigenvalue weighted by molar-refractivity contribution is -0.158. The number of thiol groups is 1. The lowest BCUT2D eigenvalue weighted by Crippen LogP contribution is -2.31. The van der Waals surface area contributed by atoms with Crippen LogP contribution in [0, 0.1) is 5.41 Å². The molecule has 84 valence electrons. The molecule has 0 aromatic rings. The molecule has 4 nitrogen and oxygen atoms in total. The number of alkyl halides is 2. The molecular weight excluding hydrogens is 218 g/mol. The quantitative estimate of drug-likeness (QED) is 0.575. The van der Waals surface area contributed by atoms with Crippen LogP contribution in [0.15, 0.2) is 0 Å². The highest BCUT2D eigenvalue weighted by Gasteiger charge is 2.36. The van der Waals surface area contributed by atoms with Crippen LogP contribution in [0.25, 0.3) is 0 Å². The molecule has 0 atom stereocenters. The number of ether oxygens (including phenoxy) is 1. The maximum atomic E-state index is 12.4. The van der Waals surface area contributed by atoms with Crippen molar-refractivity contribution in [3.63, 3.8) is 0 Å². The Kier molecular flexibility index (Phi) is 3.99. The molecule has 0 aromatic carbocycles. The Morgan fingerprint density at radius 1 is 1.29 bits per heavy atom. The highest BCUT2D eigenvalue weighted by molar-refractivity contribution is 7.73. The number of esters is 1. The topological polar surface area (TPSA) is 60.4 Å². The molecule has 0 bridgehead atoms. The molecule has 0 unspecified atom stereocenters. The second-order valence-electron chi connectivity index (χ2n) is 3.75. The summed E-state index contributed by atoms with van der Waals surface area (Å²) in [6.07, 6.45) is 0. The van der Waals surface area contributed by atoms with Gasteiger partial charge in [0.05, 0.1) is 5.41 Å². The van der Waals surface area contributed by atoms with E-state index in [-0.39, 0.29) is 0 Å². The zero-order chi connectivity index (χ0) is 11.6. The predicted octanol–water partition coefficient (Wildman–Crippen LogP) is 0.780. The minimum atomic E-state index is -3.99. The molecule has 0 saturated heterocycles. The van der Waals surface area contributed by atoms with Crippen molar-refractivity contribution in [1.29, 1.82) is 0 Å². The Morgan fingerprint density at radius 2 is 1.71 bits per heavy atom. The van der Waals surface area contributed by atoms with Crippen molar-refractivity contribution in [3.05, 3.63) is 0 Å². The summed E-state index contributed by atoms with van der Waals surface area (Å²) in [5.74, 6) is -0.867. The smallest absolute Gasteiger partial charge is 0.376 e. The van der Waals surface area contributed by atoms with Crippen LogP contribution in [0.5, 0.6) is 0 Å². The number of carbonyl (C=O) groups excluding carboxylic acids is 1. The third-order valence-corrected chi connectivity index (χ3v) is 1.92. The molecule has 0 amide bonds. The number of rotatable bonds is 3. The molecule has 0 saturated carbocycles. The lowest BCUT2D eigenvalue weighted by atomic mass is 9.97. The van der Waals surface area contributed by atoms with Gasteiger partial charge in [0.25, 0.3) is 0 Å². The Hall–Kier alpha value is -0.720. The zero-order valence-electron chi connectivity index (χ0n) is 8.04. The largest absolute Gasteiger partial charge is 0.458 e. The SMILES string of the molecule is CC(C)(C)C(=O)OCC(F)(F)[SH](=O)=O. The summed E-state index contributed by atoms with van der Waals surface area (Å²) in [5, 5.41) is -3.99. The molecule has 0 fully saturated rings. The van der Waals surface area contributed by atoms with Crippen LogP contribution >= 0.6 is 0 Å². The predicted molar refractivity (Wildman–Crippen MR) is 45.7 cm³/mol. The van der Waals surface area contributed by atoms with E-state index in [4.69, 9.17) is 0 Å². The van der Waals surface area contributed by atoms with Crippen LogP contribution in [-0.4, -0.2) is 26.2 Å². The van der Waals surface area contributed by atoms with Gasteiger partial charge in [-0.3, -0.25) is 4.79 Å². The van der Waals surface area contributed by atoms with Crippen LogP contribution in [-0.2, 0) is 20.2 Å². The van der Waals surface area contributed by atoms with Gasteiger partial charge in [-0.1, -0.05) is 0 Å². The Morgan fingerprint density at radius 3 is 2.00 bits per heavy atom. The van der Waals surface area contributed by atoms with E-state index in [0.717, 1.165) is 0 Å². The summed E-state index contributed by atoms with van der Waals surface area (Å²) in [5.41, 5.74) is -0.926. The van der Waals surface area contributed by atoms with Crippen molar-refractivity contribution in [3.8, 4) is 0 Å². The minimum Gasteiger partial charge on any atom is -0.458 e. The first-order valence-corrected chi connectivity index (χ1v) is 4.94. The first kappa shape index (κ1) is 13.3. The zero-order valence-corrected chi connectivity index (χ0v) is 8.94. The number of hydrogen-bond acceptors (Lipinski definition) is 4. The van der Waals surface area contributed by atoms with Gasteiger partial charge in [0.15, 0.2) is 6.61 Å². The van der Waals surface area contributed by atoms with E-state index in [0.29, 0.717) is 0 Å². The Bertz CT molecular complexity index is 283. The van der Waals surface area contributed by atoms with Gasteiger partial charge in [0.1, 0.15) is 0 Å². The van der Waals surface area contributed by atoms with Gasteiger partial charge < -0.3 is 4.74 Å². The second-order valence-corrected chi connectivity index (χ2v) is 4.92. The highest BCUT2D eigenvalue weighted by atomic mass is 32.2. The fraction of sp³-hybridized carbons (Fsp3) is 0.857. The van der Waals surface area contributed by atoms with Gasteiger partial charge in [-0.15, -0.1) is 0 Å². The standard InChI is InChI=1S/C7H12F2O4S/c1-6(2,3)5(10)13-4-7(8,9)14(11)12/h14H,4H2,1-3H3. The van der Waals surface area contributed by atoms with E-state index in [1.807, 2.05) is 0 Å². The fourth-order valence-corrected chi connectivity index (χ4v) is 0.592. The van der Waals surface area contributed by atoms with Crippen molar-refractivity contribution >= 4 is 16.7 Å². The molecule has 0 heterocycles. The fourth-order valence-electron chi connectivity index (χ4n) is 0.422. The van der Waals surface area contributed by atoms with Crippen LogP contribution < -0.4 is 0 Å². The molecule has 0 radical (unpaired) electrons. The van der Waals surface area contributed by atoms with Gasteiger partial charge in [0, 0.05) is 0 Å². The Labute approximate surface area is 82.2 Å². The molecule has 7 heteroatoms. The molecular formula is C7H12F2O4S. The van der Waals surface area contributed by atoms with Crippen molar-refractivity contribution in [2.75, 3.05) is 6.61 Å². The summed E-state index contributed by atoms with van der Waals surface area (Å²) in [7, 11) is -3.92. The first-order valence-electron chi connectivity index (χ1n) is 3.77. The van der Waals surface area contributed by atoms with E-state index in [1.165, 1.54) is 20.8 Å². The Balaban J connectivity index is 4.28. The maximum Gasteiger partial charge on any atom is 0.376 e. The van der Waals surface area contributed by atoms with Gasteiger partial charge in [-0.25, -0.2) is 8.42 Å². The summed E-state index contributed by atoms with van der Waals surface area (Å²) < 4.78 is 49.0. The first-order chi connectivity index (χ1) is 6.07. The van der Waals surface area contributed by atoms with E-state index in [2.05, 4.69) is 4.74 Å². The average Bonchev–Trinajstić information content (AvgIpc) is 1.98. The molecule has 0 aliphatic carbocycles. The molecule has 0 aliphatic rings. The molecule has 0 aliphatic heterocycles. The van der Waals surface area contributed by atoms with Gasteiger partial charge in [-0.05, 0) is 20.8 Å². The van der Waals surface area contributed by atoms with E-state index >= 15 is 0 Å². The minimum absolute atomic E-state index is 0.867. The maximum absolute atomic E-state index is 12.4. The lowest BCUT2D eigenvalue weighted by Gasteiger charge is -2.18. The van der Waals surface area contributed by atoms with Crippen molar-refractivity contribution < 1.29 is 26.7 Å². The third kappa shape index (κ3) is 3.99. The molecule has 0 rings (SSSR count). The van der Waals surface area contributed by atoms with Gasteiger partial charge in [-0.2, -0.15) is 8.78 Å². The summed E-state index contributed by atoms with van der Waals surface area (Å²) in [4.78, 5) is 11.0. The van der Waals surface area contributed by atoms with Crippen LogP contribution in [0.4, 0.5) is 8.78 Å². The summed E-state index contributed by atoms with van der Waals surface area (Å²) in [6.45, 7) is 3.00. The molecule has 0 N–H and O–H groups in total. The van der Waals surface area contributed by atoms with Crippen LogP contribution in [0.3, 0.4) is 0 Å². The van der Waals surface area contributed by atoms with E-state index in [1.54, 1.807) is 0 Å². The van der Waals surface area contributed by atoms with Gasteiger partial charge >= 0.3 is 11.2 Å². The van der Waals surface area contributed by atoms with E-state index in [9.17, 15) is 22.0 Å². The van der Waals surface area contributed by atoms with Crippen molar-refractivity contribution in [1.82, 2.24) is 0 Å². The summed E-state index contributed by atoms with van der Waals surface area (Å²) in [6, 6.07) is 0. The van der Waals surface area contributed by atoms with Crippen molar-refractivity contribution in [2.45, 2.75) is 26.0 Å². The second kappa shape index (κ2) is 4.20. The molecule has 0 aromatic heterocycles. The number of carbonyl (C=O) groups is 1. The highest BCUT2D eigenvalue weighted by Crippen LogP contribution is 2.19. The third-order valence-electron chi connectivity index (χ3n) is 1.26. The van der Waals surface area contributed by atoms with E-state index < -0.39 is 33.9 Å². The van der Waals surface area contributed by atoms with Crippen LogP contribution in [0.1, 0.15) is 20.8 Å². The van der Waals surface area contributed by atoms with Crippen molar-refractivity contribution in [2.24, 2.45) is 5.41 Å². The monoisotopic (exact) mass is 230 g/mol. The summed E-state index contributed by atoms with van der Waals surface area (Å²) >= 11 is 0. The van der Waals surface area contributed by atoms with Crippen LogP contribution in [0.2, 0.25) is 0 Å². The van der Waals surface area contributed by atoms with Gasteiger partial charge in [0.2, 0.25) is 10.7 Å². The molecule has 14 heavy (non-hydrogen) atoms. The average molecular weight is 230 g/mol.